The van der Waals surface area contributed by atoms with Crippen LogP contribution in [0.5, 0.6) is 5.75 Å². The van der Waals surface area contributed by atoms with Gasteiger partial charge in [0.1, 0.15) is 5.75 Å². The second-order valence-corrected chi connectivity index (χ2v) is 7.47. The molecule has 0 unspecified atom stereocenters. The Balaban J connectivity index is 1.52. The summed E-state index contributed by atoms with van der Waals surface area (Å²) in [6.45, 7) is 4.38. The van der Waals surface area contributed by atoms with Gasteiger partial charge in [0, 0.05) is 11.1 Å². The Morgan fingerprint density at radius 3 is 2.07 bits per heavy atom. The molecule has 0 heterocycles. The summed E-state index contributed by atoms with van der Waals surface area (Å²) in [5.74, 6) is 7.66. The quantitative estimate of drug-likeness (QED) is 0.371. The Hall–Kier alpha value is -2.53. The first-order valence-electron chi connectivity index (χ1n) is 10.1. The molecule has 1 saturated carbocycles. The van der Waals surface area contributed by atoms with Gasteiger partial charge in [0.15, 0.2) is 0 Å². The van der Waals surface area contributed by atoms with E-state index in [-0.39, 0.29) is 11.9 Å². The molecule has 2 aromatic carbocycles. The van der Waals surface area contributed by atoms with Gasteiger partial charge in [-0.25, -0.2) is 0 Å². The van der Waals surface area contributed by atoms with E-state index in [2.05, 4.69) is 50.0 Å². The van der Waals surface area contributed by atoms with Crippen molar-refractivity contribution < 1.29 is 9.53 Å². The molecule has 0 aromatic heterocycles. The van der Waals surface area contributed by atoms with Gasteiger partial charge < -0.3 is 4.74 Å². The van der Waals surface area contributed by atoms with Gasteiger partial charge in [-0.15, -0.1) is 0 Å². The number of carbonyl (C=O) groups excluding carboxylic acids is 1. The van der Waals surface area contributed by atoms with E-state index in [1.54, 1.807) is 0 Å². The zero-order valence-electron chi connectivity index (χ0n) is 16.3. The maximum absolute atomic E-state index is 12.2. The molecule has 0 saturated heterocycles. The van der Waals surface area contributed by atoms with E-state index >= 15 is 0 Å². The van der Waals surface area contributed by atoms with Gasteiger partial charge in [0.2, 0.25) is 0 Å². The standard InChI is InChI=1S/C25H28O2/c1-3-5-19-7-9-20(10-8-19)11-12-21-13-15-24(16-14-21)27-25(26)23-17-22(18-23)6-4-2/h7-10,13-16,22-23H,3-6,17-18H2,1-2H3. The van der Waals surface area contributed by atoms with Gasteiger partial charge in [-0.05, 0) is 67.1 Å². The minimum Gasteiger partial charge on any atom is -0.426 e. The first kappa shape index (κ1) is 19.2. The molecule has 1 fully saturated rings. The van der Waals surface area contributed by atoms with Crippen LogP contribution in [-0.4, -0.2) is 5.97 Å². The first-order chi connectivity index (χ1) is 13.2. The molecule has 0 amide bonds. The maximum Gasteiger partial charge on any atom is 0.314 e. The Morgan fingerprint density at radius 1 is 0.926 bits per heavy atom. The molecule has 3 rings (SSSR count). The summed E-state index contributed by atoms with van der Waals surface area (Å²) in [5, 5.41) is 0. The average Bonchev–Trinajstić information content (AvgIpc) is 2.65. The largest absolute Gasteiger partial charge is 0.426 e. The molecule has 2 nitrogen and oxygen atoms in total. The number of aryl methyl sites for hydroxylation is 1. The van der Waals surface area contributed by atoms with E-state index < -0.39 is 0 Å². The zero-order valence-corrected chi connectivity index (χ0v) is 16.3. The van der Waals surface area contributed by atoms with Crippen molar-refractivity contribution in [3.63, 3.8) is 0 Å². The summed E-state index contributed by atoms with van der Waals surface area (Å²) in [6, 6.07) is 15.9. The molecular weight excluding hydrogens is 332 g/mol. The molecule has 1 aliphatic rings. The van der Waals surface area contributed by atoms with Gasteiger partial charge in [0.05, 0.1) is 5.92 Å². The van der Waals surface area contributed by atoms with Crippen LogP contribution < -0.4 is 4.74 Å². The van der Waals surface area contributed by atoms with Crippen molar-refractivity contribution in [3.8, 4) is 17.6 Å². The van der Waals surface area contributed by atoms with Crippen LogP contribution in [0.1, 0.15) is 62.6 Å². The predicted octanol–water partition coefficient (Wildman–Crippen LogP) is 5.77. The van der Waals surface area contributed by atoms with E-state index in [1.165, 1.54) is 18.4 Å². The summed E-state index contributed by atoms with van der Waals surface area (Å²) in [7, 11) is 0. The van der Waals surface area contributed by atoms with Crippen molar-refractivity contribution in [3.05, 3.63) is 65.2 Å². The van der Waals surface area contributed by atoms with Crippen LogP contribution in [0.2, 0.25) is 0 Å². The predicted molar refractivity (Wildman–Crippen MR) is 110 cm³/mol. The number of esters is 1. The smallest absolute Gasteiger partial charge is 0.314 e. The first-order valence-corrected chi connectivity index (χ1v) is 10.1. The third kappa shape index (κ3) is 5.47. The van der Waals surface area contributed by atoms with Gasteiger partial charge in [-0.1, -0.05) is 57.1 Å². The number of ether oxygens (including phenoxy) is 1. The molecule has 0 bridgehead atoms. The number of hydrogen-bond acceptors (Lipinski definition) is 2. The van der Waals surface area contributed by atoms with E-state index in [0.29, 0.717) is 11.7 Å². The van der Waals surface area contributed by atoms with Crippen molar-refractivity contribution >= 4 is 5.97 Å². The van der Waals surface area contributed by atoms with Gasteiger partial charge in [0.25, 0.3) is 0 Å². The molecule has 0 N–H and O–H groups in total. The van der Waals surface area contributed by atoms with Crippen molar-refractivity contribution in [2.75, 3.05) is 0 Å². The van der Waals surface area contributed by atoms with Gasteiger partial charge >= 0.3 is 5.97 Å². The monoisotopic (exact) mass is 360 g/mol. The van der Waals surface area contributed by atoms with Crippen LogP contribution in [0.15, 0.2) is 48.5 Å². The lowest BCUT2D eigenvalue weighted by molar-refractivity contribution is -0.143. The fraction of sp³-hybridized carbons (Fsp3) is 0.400. The fourth-order valence-electron chi connectivity index (χ4n) is 3.57. The Bertz CT molecular complexity index is 800. The van der Waals surface area contributed by atoms with E-state index in [0.717, 1.165) is 36.8 Å². The summed E-state index contributed by atoms with van der Waals surface area (Å²) in [5.41, 5.74) is 3.28. The SMILES string of the molecule is CCCc1ccc(C#Cc2ccc(OC(=O)C3CC(CCC)C3)cc2)cc1. The zero-order chi connectivity index (χ0) is 19.1. The highest BCUT2D eigenvalue weighted by Gasteiger charge is 2.35. The van der Waals surface area contributed by atoms with Crippen LogP contribution in [-0.2, 0) is 11.2 Å². The number of rotatable bonds is 6. The minimum absolute atomic E-state index is 0.0803. The van der Waals surface area contributed by atoms with Crippen LogP contribution in [0, 0.1) is 23.7 Å². The molecule has 27 heavy (non-hydrogen) atoms. The van der Waals surface area contributed by atoms with Gasteiger partial charge in [-0.3, -0.25) is 4.79 Å². The topological polar surface area (TPSA) is 26.3 Å². The van der Waals surface area contributed by atoms with Crippen LogP contribution >= 0.6 is 0 Å². The van der Waals surface area contributed by atoms with E-state index in [1.807, 2.05) is 24.3 Å². The Labute approximate surface area is 163 Å². The summed E-state index contributed by atoms with van der Waals surface area (Å²) < 4.78 is 5.51. The lowest BCUT2D eigenvalue weighted by atomic mass is 9.73. The highest BCUT2D eigenvalue weighted by Crippen LogP contribution is 2.37. The summed E-state index contributed by atoms with van der Waals surface area (Å²) in [4.78, 5) is 12.2. The average molecular weight is 360 g/mol. The van der Waals surface area contributed by atoms with Crippen molar-refractivity contribution in [2.24, 2.45) is 11.8 Å². The highest BCUT2D eigenvalue weighted by molar-refractivity contribution is 5.76. The fourth-order valence-corrected chi connectivity index (χ4v) is 3.57. The molecule has 1 aliphatic carbocycles. The molecular formula is C25H28O2. The molecule has 2 heteroatoms. The van der Waals surface area contributed by atoms with Crippen LogP contribution in [0.4, 0.5) is 0 Å². The molecule has 2 aromatic rings. The van der Waals surface area contributed by atoms with E-state index in [4.69, 9.17) is 4.74 Å². The molecule has 0 aliphatic heterocycles. The number of benzene rings is 2. The number of carbonyl (C=O) groups is 1. The lowest BCUT2D eigenvalue weighted by Crippen LogP contribution is -2.33. The second kappa shape index (κ2) is 9.42. The van der Waals surface area contributed by atoms with Crippen LogP contribution in [0.3, 0.4) is 0 Å². The third-order valence-electron chi connectivity index (χ3n) is 5.18. The number of hydrogen-bond donors (Lipinski definition) is 0. The highest BCUT2D eigenvalue weighted by atomic mass is 16.5. The molecule has 0 spiro atoms. The van der Waals surface area contributed by atoms with Crippen molar-refractivity contribution in [1.82, 2.24) is 0 Å². The minimum atomic E-state index is -0.0895. The van der Waals surface area contributed by atoms with Gasteiger partial charge in [-0.2, -0.15) is 0 Å². The summed E-state index contributed by atoms with van der Waals surface area (Å²) in [6.07, 6.45) is 6.63. The molecule has 0 radical (unpaired) electrons. The van der Waals surface area contributed by atoms with Crippen molar-refractivity contribution in [1.29, 1.82) is 0 Å². The third-order valence-corrected chi connectivity index (χ3v) is 5.18. The Kier molecular flexibility index (Phi) is 6.71. The molecule has 140 valence electrons. The Morgan fingerprint density at radius 2 is 1.52 bits per heavy atom. The second-order valence-electron chi connectivity index (χ2n) is 7.47. The normalized spacial score (nSPS) is 18.1. The van der Waals surface area contributed by atoms with E-state index in [9.17, 15) is 4.79 Å². The summed E-state index contributed by atoms with van der Waals surface area (Å²) >= 11 is 0. The maximum atomic E-state index is 12.2. The lowest BCUT2D eigenvalue weighted by Gasteiger charge is -2.33. The molecule has 0 atom stereocenters. The van der Waals surface area contributed by atoms with Crippen molar-refractivity contribution in [2.45, 2.75) is 52.4 Å². The van der Waals surface area contributed by atoms with Crippen LogP contribution in [0.25, 0.3) is 0 Å².